The second kappa shape index (κ2) is 27.7. The van der Waals surface area contributed by atoms with E-state index in [4.69, 9.17) is 39.9 Å². The van der Waals surface area contributed by atoms with Gasteiger partial charge in [-0.2, -0.15) is 0 Å². The van der Waals surface area contributed by atoms with E-state index in [0.717, 1.165) is 173 Å². The van der Waals surface area contributed by atoms with E-state index < -0.39 is 0 Å². The zero-order valence-corrected chi connectivity index (χ0v) is 75.1. The Morgan fingerprint density at radius 1 is 0.171 bits per heavy atom. The van der Waals surface area contributed by atoms with Crippen LogP contribution in [0.25, 0.3) is 243 Å². The fourth-order valence-electron chi connectivity index (χ4n) is 26.1. The Labute approximate surface area is 796 Å². The molecule has 0 fully saturated rings. The molecule has 28 aromatic rings. The molecule has 0 saturated carbocycles. The maximum atomic E-state index is 5.02. The molecule has 36 rings (SSSR count). The van der Waals surface area contributed by atoms with Gasteiger partial charge in [-0.15, -0.1) is 0 Å². The molecule has 16 heteroatoms. The van der Waals surface area contributed by atoms with E-state index in [9.17, 15) is 0 Å². The number of rotatable bonds is 0. The van der Waals surface area contributed by atoms with Crippen molar-refractivity contribution in [3.05, 3.63) is 430 Å². The van der Waals surface area contributed by atoms with Crippen LogP contribution in [-0.4, -0.2) is 77.4 Å². The van der Waals surface area contributed by atoms with Gasteiger partial charge in [0.15, 0.2) is 0 Å². The fraction of sp³-hybridized carbons (Fsp3) is 0.0645. The van der Waals surface area contributed by atoms with E-state index in [0.29, 0.717) is 0 Å². The first kappa shape index (κ1) is 75.1. The standard InChI is InChI=1S/4C31H18N4/c1-2-5-20-17(4-1)14-18-7-9-21-24(27(18)20)15-19-8-10-23-29(28(19)21)22-6-3-12-33-30(22)35-26-11-13-32-16-25(26)34-31(23)35;1-2-5-19-17(4-1)14-24-20(19)9-10-21-25(24)15-18-7-8-23-29(28(18)21)22-6-3-12-33-30(22)35-27-11-13-32-16-26(27)34-31(23)35;1-2-5-21-17(4-1)12-19-15-25-20(14-24(19)21)13-18-7-8-23-29(28(18)25)22-6-3-10-33-30(22)35-27-9-11-32-16-26(27)34-31(23)35;1-2-5-21-17(4-1)12-19-14-20-13-18-7-8-23-29(28(18)25(20)15-24(19)21)22-6-3-10-33-30(22)35-27-9-11-32-16-26(27)34-31(23)35/h2*1-13,16H,14-15H2;2*1-11,14-16H,12-13H2. The van der Waals surface area contributed by atoms with Crippen molar-refractivity contribution >= 4 is 154 Å². The van der Waals surface area contributed by atoms with Gasteiger partial charge in [0.1, 0.15) is 67.2 Å². The van der Waals surface area contributed by atoms with Crippen LogP contribution in [0.4, 0.5) is 0 Å². The number of nitrogens with zero attached hydrogens (tertiary/aromatic N) is 16. The Morgan fingerprint density at radius 3 is 0.914 bits per heavy atom. The Kier molecular flexibility index (Phi) is 14.9. The van der Waals surface area contributed by atoms with Crippen molar-refractivity contribution in [2.75, 3.05) is 0 Å². The van der Waals surface area contributed by atoms with Crippen LogP contribution in [0.2, 0.25) is 0 Å². The molecule has 0 saturated heterocycles. The minimum Gasteiger partial charge on any atom is -0.276 e. The second-order valence-electron chi connectivity index (χ2n) is 38.7. The third kappa shape index (κ3) is 10.2. The maximum Gasteiger partial charge on any atom is 0.147 e. The van der Waals surface area contributed by atoms with Crippen LogP contribution >= 0.6 is 0 Å². The van der Waals surface area contributed by atoms with E-state index in [2.05, 4.69) is 256 Å². The molecule has 16 heterocycles. The van der Waals surface area contributed by atoms with Gasteiger partial charge in [-0.3, -0.25) is 37.5 Å². The summed E-state index contributed by atoms with van der Waals surface area (Å²) >= 11 is 0. The number of pyridine rings is 12. The highest BCUT2D eigenvalue weighted by Crippen LogP contribution is 2.57. The third-order valence-corrected chi connectivity index (χ3v) is 31.8. The molecule has 8 aliphatic carbocycles. The van der Waals surface area contributed by atoms with Crippen LogP contribution < -0.4 is 0 Å². The van der Waals surface area contributed by atoms with E-state index >= 15 is 0 Å². The van der Waals surface area contributed by atoms with Crippen molar-refractivity contribution in [1.82, 2.24) is 77.4 Å². The van der Waals surface area contributed by atoms with Crippen molar-refractivity contribution in [3.8, 4) is 89.0 Å². The summed E-state index contributed by atoms with van der Waals surface area (Å²) in [6, 6.07) is 97.9. The first-order valence-electron chi connectivity index (χ1n) is 48.2. The quantitative estimate of drug-likeness (QED) is 0.132. The van der Waals surface area contributed by atoms with Gasteiger partial charge in [-0.1, -0.05) is 176 Å². The van der Waals surface area contributed by atoms with Crippen molar-refractivity contribution < 1.29 is 0 Å². The summed E-state index contributed by atoms with van der Waals surface area (Å²) < 4.78 is 8.76. The monoisotopic (exact) mass is 1780 g/mol. The minimum absolute atomic E-state index is 0.891. The second-order valence-corrected chi connectivity index (χ2v) is 38.7. The summed E-state index contributed by atoms with van der Waals surface area (Å²) in [5, 5.41) is 14.3. The van der Waals surface area contributed by atoms with E-state index in [1.807, 2.05) is 123 Å². The molecule has 0 bridgehead atoms. The van der Waals surface area contributed by atoms with Crippen molar-refractivity contribution in [1.29, 1.82) is 0 Å². The molecule has 16 aromatic heterocycles. The summed E-state index contributed by atoms with van der Waals surface area (Å²) in [7, 11) is 0. The lowest BCUT2D eigenvalue weighted by molar-refractivity contribution is 1.16. The Hall–Kier alpha value is -18.3. The average Bonchev–Trinajstić information content (AvgIpc) is 1.51. The number of fused-ring (bicyclic) bond motifs is 62. The van der Waals surface area contributed by atoms with Crippen LogP contribution in [0.5, 0.6) is 0 Å². The largest absolute Gasteiger partial charge is 0.276 e. The molecular formula is C124H72N16. The predicted octanol–water partition coefficient (Wildman–Crippen LogP) is 26.9. The van der Waals surface area contributed by atoms with Crippen LogP contribution in [0, 0.1) is 0 Å². The third-order valence-electron chi connectivity index (χ3n) is 31.8. The smallest absolute Gasteiger partial charge is 0.147 e. The molecular weight excluding hydrogens is 1710 g/mol. The Bertz CT molecular complexity index is 10300. The number of benzene rings is 12. The summed E-state index contributed by atoms with van der Waals surface area (Å²) in [4.78, 5) is 56.7. The first-order chi connectivity index (χ1) is 69.4. The topological polar surface area (TPSA) is 172 Å². The minimum atomic E-state index is 0.891. The maximum absolute atomic E-state index is 5.02. The Balaban J connectivity index is 0.0000000829. The molecule has 8 aliphatic rings. The van der Waals surface area contributed by atoms with Crippen molar-refractivity contribution in [2.24, 2.45) is 0 Å². The normalized spacial score (nSPS) is 13.5. The van der Waals surface area contributed by atoms with Gasteiger partial charge < -0.3 is 0 Å². The van der Waals surface area contributed by atoms with Gasteiger partial charge in [0.2, 0.25) is 0 Å². The van der Waals surface area contributed by atoms with Gasteiger partial charge in [-0.25, -0.2) is 39.9 Å². The van der Waals surface area contributed by atoms with Crippen LogP contribution in [-0.2, 0) is 51.4 Å². The van der Waals surface area contributed by atoms with Crippen LogP contribution in [0.1, 0.15) is 89.0 Å². The lowest BCUT2D eigenvalue weighted by Crippen LogP contribution is -1.95. The molecule has 16 nitrogen and oxygen atoms in total. The van der Waals surface area contributed by atoms with Crippen LogP contribution in [0.15, 0.2) is 341 Å². The van der Waals surface area contributed by atoms with E-state index in [-0.39, 0.29) is 0 Å². The van der Waals surface area contributed by atoms with Crippen molar-refractivity contribution in [3.63, 3.8) is 0 Å². The summed E-state index contributed by atoms with van der Waals surface area (Å²) in [5.41, 5.74) is 60.1. The number of aromatic nitrogens is 16. The predicted molar refractivity (Wildman–Crippen MR) is 559 cm³/mol. The molecule has 12 aromatic carbocycles. The number of hydrogen-bond donors (Lipinski definition) is 0. The SMILES string of the molecule is c1ccc2c(c1)Cc1c-2ccc2c1Cc1ccc3c(c1-2)c1cccnc1n1c2ccncc2nc31.c1ccc2c(c1)Cc1cc3c(cc1-2)-c1c(ccc2c1c1cccnc1n1c4ccncc4nc21)C3.c1ccc2c(c1)Cc1cc3c(cc1-2)Cc1ccc2c(c1-3)c1cccnc1n1c3ccncc3nc21.c1ccc2c(c1)Cc1ccc3c(c1-2)Cc1ccc2c(c1-3)c1cccnc1n1c3ccncc3nc21. The summed E-state index contributed by atoms with van der Waals surface area (Å²) in [6.45, 7) is 0. The zero-order chi connectivity index (χ0) is 90.7. The molecule has 0 radical (unpaired) electrons. The number of hydrogen-bond acceptors (Lipinski definition) is 12. The summed E-state index contributed by atoms with van der Waals surface area (Å²) in [5.74, 6) is 0. The highest BCUT2D eigenvalue weighted by atomic mass is 15.1. The van der Waals surface area contributed by atoms with E-state index in [1.54, 1.807) is 0 Å². The van der Waals surface area contributed by atoms with Gasteiger partial charge in [0.05, 0.1) is 46.9 Å². The molecule has 140 heavy (non-hydrogen) atoms. The van der Waals surface area contributed by atoms with Gasteiger partial charge >= 0.3 is 0 Å². The number of imidazole rings is 4. The van der Waals surface area contributed by atoms with Gasteiger partial charge in [0, 0.05) is 114 Å². The zero-order valence-electron chi connectivity index (χ0n) is 75.1. The first-order valence-corrected chi connectivity index (χ1v) is 48.2. The summed E-state index contributed by atoms with van der Waals surface area (Å²) in [6.07, 6.45) is 30.1. The molecule has 0 N–H and O–H groups in total. The average molecular weight is 1790 g/mol. The van der Waals surface area contributed by atoms with Crippen molar-refractivity contribution in [2.45, 2.75) is 51.4 Å². The molecule has 0 atom stereocenters. The highest BCUT2D eigenvalue weighted by molar-refractivity contribution is 6.25. The molecule has 648 valence electrons. The molecule has 0 aliphatic heterocycles. The molecule has 0 unspecified atom stereocenters. The fourth-order valence-corrected chi connectivity index (χ4v) is 26.1. The van der Waals surface area contributed by atoms with Crippen LogP contribution in [0.3, 0.4) is 0 Å². The lowest BCUT2D eigenvalue weighted by Gasteiger charge is -2.13. The molecule has 0 spiro atoms. The van der Waals surface area contributed by atoms with E-state index in [1.165, 1.54) is 210 Å². The Morgan fingerprint density at radius 2 is 0.457 bits per heavy atom. The highest BCUT2D eigenvalue weighted by Gasteiger charge is 2.37. The molecule has 0 amide bonds. The van der Waals surface area contributed by atoms with Gasteiger partial charge in [-0.05, 0) is 320 Å². The lowest BCUT2D eigenvalue weighted by atomic mass is 9.93. The van der Waals surface area contributed by atoms with Gasteiger partial charge in [0.25, 0.3) is 0 Å².